The molecule has 0 bridgehead atoms. The lowest BCUT2D eigenvalue weighted by molar-refractivity contribution is -0.116. The van der Waals surface area contributed by atoms with Crippen LogP contribution in [0.1, 0.15) is 39.3 Å². The zero-order valence-electron chi connectivity index (χ0n) is 28.6. The standard InChI is InChI=1S/C39H38N6O6S2/c46-38(21-18-34-35(51-25-22-29-10-3-1-4-11-29)19-17-32(44-34)28-52-33-13-5-2-6-14-33)40-23-9-24-41-39(47)31-16-20-37(42-26-31)45-43-27-30-12-7-8-15-36(30)53(48,49)50/h1-8,10-21,26-27H,9,22-25,28H2,(H,40,46)(H,41,47)(H,42,45)(H,48,49,50)/b21-18+,43-27+. The topological polar surface area (TPSA) is 172 Å². The fourth-order valence-corrected chi connectivity index (χ4v) is 6.32. The highest BCUT2D eigenvalue weighted by molar-refractivity contribution is 7.98. The number of ether oxygens (including phenoxy) is 1. The Morgan fingerprint density at radius 2 is 1.60 bits per heavy atom. The van der Waals surface area contributed by atoms with Gasteiger partial charge in [0, 0.05) is 48.0 Å². The van der Waals surface area contributed by atoms with Crippen molar-refractivity contribution >= 4 is 51.8 Å². The normalized spacial score (nSPS) is 11.4. The SMILES string of the molecule is O=C(/C=C/c1nc(CSc2ccccc2)ccc1OCCc1ccccc1)NCCCNC(=O)c1ccc(N/N=C/c2ccccc2S(=O)(=O)O)nc1. The molecule has 0 radical (unpaired) electrons. The molecule has 0 aliphatic rings. The molecule has 0 fully saturated rings. The summed E-state index contributed by atoms with van der Waals surface area (Å²) < 4.78 is 38.5. The molecule has 0 aliphatic carbocycles. The zero-order chi connectivity index (χ0) is 37.3. The molecule has 53 heavy (non-hydrogen) atoms. The number of rotatable bonds is 18. The highest BCUT2D eigenvalue weighted by atomic mass is 32.2. The van der Waals surface area contributed by atoms with E-state index in [0.717, 1.165) is 17.0 Å². The van der Waals surface area contributed by atoms with E-state index < -0.39 is 10.1 Å². The van der Waals surface area contributed by atoms with Gasteiger partial charge in [0.1, 0.15) is 22.2 Å². The molecule has 0 unspecified atom stereocenters. The average molecular weight is 751 g/mol. The fraction of sp³-hybridized carbons (Fsp3) is 0.154. The van der Waals surface area contributed by atoms with Crippen molar-refractivity contribution in [2.45, 2.75) is 28.4 Å². The number of carbonyl (C=O) groups is 2. The Bertz CT molecular complexity index is 2130. The number of hydrogen-bond acceptors (Lipinski definition) is 10. The van der Waals surface area contributed by atoms with Crippen LogP contribution in [-0.2, 0) is 27.1 Å². The van der Waals surface area contributed by atoms with Crippen LogP contribution in [0.15, 0.2) is 136 Å². The minimum absolute atomic E-state index is 0.191. The predicted molar refractivity (Wildman–Crippen MR) is 207 cm³/mol. The number of thioether (sulfide) groups is 1. The van der Waals surface area contributed by atoms with Crippen LogP contribution in [0.2, 0.25) is 0 Å². The predicted octanol–water partition coefficient (Wildman–Crippen LogP) is 6.03. The van der Waals surface area contributed by atoms with Gasteiger partial charge in [-0.05, 0) is 60.5 Å². The summed E-state index contributed by atoms with van der Waals surface area (Å²) in [5.74, 6) is 0.937. The van der Waals surface area contributed by atoms with Crippen LogP contribution in [0.5, 0.6) is 5.75 Å². The molecule has 5 rings (SSSR count). The third kappa shape index (κ3) is 12.7. The van der Waals surface area contributed by atoms with E-state index in [-0.39, 0.29) is 22.3 Å². The second-order valence-corrected chi connectivity index (χ2v) is 13.9. The lowest BCUT2D eigenvalue weighted by atomic mass is 10.2. The van der Waals surface area contributed by atoms with Gasteiger partial charge in [-0.3, -0.25) is 19.6 Å². The zero-order valence-corrected chi connectivity index (χ0v) is 30.2. The van der Waals surface area contributed by atoms with Gasteiger partial charge < -0.3 is 15.4 Å². The Balaban J connectivity index is 1.07. The smallest absolute Gasteiger partial charge is 0.295 e. The second-order valence-electron chi connectivity index (χ2n) is 11.4. The first-order valence-corrected chi connectivity index (χ1v) is 19.1. The van der Waals surface area contributed by atoms with Gasteiger partial charge in [0.05, 0.1) is 24.1 Å². The second kappa shape index (κ2) is 19.7. The average Bonchev–Trinajstić information content (AvgIpc) is 3.17. The number of carbonyl (C=O) groups excluding carboxylic acids is 2. The van der Waals surface area contributed by atoms with Gasteiger partial charge in [0.2, 0.25) is 5.91 Å². The monoisotopic (exact) mass is 750 g/mol. The molecule has 2 heterocycles. The summed E-state index contributed by atoms with van der Waals surface area (Å²) in [4.78, 5) is 35.0. The summed E-state index contributed by atoms with van der Waals surface area (Å²) in [5.41, 5.74) is 5.76. The summed E-state index contributed by atoms with van der Waals surface area (Å²) >= 11 is 1.68. The Morgan fingerprint density at radius 3 is 2.36 bits per heavy atom. The molecule has 2 amide bonds. The molecule has 0 saturated heterocycles. The molecule has 0 spiro atoms. The Kier molecular flexibility index (Phi) is 14.3. The van der Waals surface area contributed by atoms with E-state index in [9.17, 15) is 22.6 Å². The van der Waals surface area contributed by atoms with Crippen molar-refractivity contribution in [3.05, 3.63) is 150 Å². The number of pyridine rings is 2. The number of amides is 2. The Labute approximate surface area is 312 Å². The van der Waals surface area contributed by atoms with Crippen LogP contribution in [0, 0.1) is 0 Å². The molecule has 5 aromatic rings. The number of benzene rings is 3. The summed E-state index contributed by atoms with van der Waals surface area (Å²) in [6, 6.07) is 32.9. The molecular weight excluding hydrogens is 713 g/mol. The van der Waals surface area contributed by atoms with E-state index in [2.05, 4.69) is 50.4 Å². The highest BCUT2D eigenvalue weighted by Gasteiger charge is 2.13. The summed E-state index contributed by atoms with van der Waals surface area (Å²) in [5, 5.41) is 9.59. The van der Waals surface area contributed by atoms with E-state index in [0.29, 0.717) is 54.7 Å². The van der Waals surface area contributed by atoms with E-state index in [4.69, 9.17) is 9.72 Å². The van der Waals surface area contributed by atoms with E-state index in [1.807, 2.05) is 48.5 Å². The van der Waals surface area contributed by atoms with Crippen molar-refractivity contribution < 1.29 is 27.3 Å². The number of hydrazone groups is 1. The number of nitrogens with zero attached hydrogens (tertiary/aromatic N) is 3. The van der Waals surface area contributed by atoms with E-state index >= 15 is 0 Å². The largest absolute Gasteiger partial charge is 0.491 e. The maximum Gasteiger partial charge on any atom is 0.295 e. The quantitative estimate of drug-likeness (QED) is 0.0207. The van der Waals surface area contributed by atoms with Crippen molar-refractivity contribution in [3.63, 3.8) is 0 Å². The van der Waals surface area contributed by atoms with Gasteiger partial charge >= 0.3 is 0 Å². The Morgan fingerprint density at radius 1 is 0.868 bits per heavy atom. The van der Waals surface area contributed by atoms with Crippen LogP contribution in [0.25, 0.3) is 6.08 Å². The molecule has 272 valence electrons. The number of nitrogens with one attached hydrogen (secondary N) is 3. The minimum atomic E-state index is -4.40. The molecule has 2 aromatic heterocycles. The third-order valence-electron chi connectivity index (χ3n) is 7.50. The van der Waals surface area contributed by atoms with Gasteiger partial charge in [-0.25, -0.2) is 9.97 Å². The van der Waals surface area contributed by atoms with Crippen LogP contribution >= 0.6 is 11.8 Å². The summed E-state index contributed by atoms with van der Waals surface area (Å²) in [6.45, 7) is 1.12. The molecule has 4 N–H and O–H groups in total. The van der Waals surface area contributed by atoms with Gasteiger partial charge in [0.15, 0.2) is 0 Å². The van der Waals surface area contributed by atoms with Crippen LogP contribution in [0.3, 0.4) is 0 Å². The molecule has 14 heteroatoms. The van der Waals surface area contributed by atoms with Gasteiger partial charge in [0.25, 0.3) is 16.0 Å². The van der Waals surface area contributed by atoms with Gasteiger partial charge in [-0.2, -0.15) is 13.5 Å². The Hall–Kier alpha value is -5.83. The lowest BCUT2D eigenvalue weighted by Crippen LogP contribution is -2.29. The van der Waals surface area contributed by atoms with Gasteiger partial charge in [-0.1, -0.05) is 66.7 Å². The lowest BCUT2D eigenvalue weighted by Gasteiger charge is -2.11. The van der Waals surface area contributed by atoms with E-state index in [1.165, 1.54) is 42.3 Å². The van der Waals surface area contributed by atoms with Crippen molar-refractivity contribution in [1.82, 2.24) is 20.6 Å². The van der Waals surface area contributed by atoms with Crippen LogP contribution in [-0.4, -0.2) is 60.7 Å². The first-order valence-electron chi connectivity index (χ1n) is 16.6. The first kappa shape index (κ1) is 38.4. The number of anilines is 1. The van der Waals surface area contributed by atoms with Crippen LogP contribution in [0.4, 0.5) is 5.82 Å². The third-order valence-corrected chi connectivity index (χ3v) is 9.47. The fourth-order valence-electron chi connectivity index (χ4n) is 4.83. The molecular formula is C39H38N6O6S2. The van der Waals surface area contributed by atoms with Gasteiger partial charge in [-0.15, -0.1) is 11.8 Å². The van der Waals surface area contributed by atoms with Crippen molar-refractivity contribution in [3.8, 4) is 5.75 Å². The molecule has 12 nitrogen and oxygen atoms in total. The van der Waals surface area contributed by atoms with Crippen molar-refractivity contribution in [1.29, 1.82) is 0 Å². The minimum Gasteiger partial charge on any atom is -0.491 e. The molecule has 0 atom stereocenters. The number of aromatic nitrogens is 2. The maximum atomic E-state index is 12.7. The van der Waals surface area contributed by atoms with Crippen LogP contribution < -0.4 is 20.8 Å². The summed E-state index contributed by atoms with van der Waals surface area (Å²) in [7, 11) is -4.40. The first-order chi connectivity index (χ1) is 25.7. The molecule has 0 aliphatic heterocycles. The van der Waals surface area contributed by atoms with E-state index in [1.54, 1.807) is 36.0 Å². The molecule has 0 saturated carbocycles. The number of hydrogen-bond donors (Lipinski definition) is 4. The van der Waals surface area contributed by atoms with Crippen molar-refractivity contribution in [2.24, 2.45) is 5.10 Å². The van der Waals surface area contributed by atoms with Crippen molar-refractivity contribution in [2.75, 3.05) is 25.1 Å². The summed E-state index contributed by atoms with van der Waals surface area (Å²) in [6.07, 6.45) is 6.92. The maximum absolute atomic E-state index is 12.7. The molecule has 3 aromatic carbocycles. The highest BCUT2D eigenvalue weighted by Crippen LogP contribution is 2.25.